The summed E-state index contributed by atoms with van der Waals surface area (Å²) in [4.78, 5) is 49.5. The van der Waals surface area contributed by atoms with Crippen LogP contribution in [0.15, 0.2) is 54.6 Å². The highest BCUT2D eigenvalue weighted by molar-refractivity contribution is 6.52. The molecule has 3 rings (SSSR count). The van der Waals surface area contributed by atoms with E-state index in [1.165, 1.54) is 13.0 Å². The van der Waals surface area contributed by atoms with Crippen molar-refractivity contribution in [2.24, 2.45) is 0 Å². The zero-order valence-electron chi connectivity index (χ0n) is 13.5. The molecule has 1 heterocycles. The van der Waals surface area contributed by atoms with Crippen LogP contribution in [0.25, 0.3) is 0 Å². The Balaban J connectivity index is 1.70. The molecule has 1 aliphatic rings. The summed E-state index contributed by atoms with van der Waals surface area (Å²) >= 11 is 0. The number of hydrogen-bond donors (Lipinski definition) is 0. The number of amides is 1. The van der Waals surface area contributed by atoms with Gasteiger partial charge in [0.05, 0.1) is 11.3 Å². The van der Waals surface area contributed by atoms with E-state index in [0.29, 0.717) is 11.3 Å². The van der Waals surface area contributed by atoms with Gasteiger partial charge < -0.3 is 4.74 Å². The van der Waals surface area contributed by atoms with Crippen molar-refractivity contribution in [2.75, 3.05) is 11.5 Å². The number of benzene rings is 2. The summed E-state index contributed by atoms with van der Waals surface area (Å²) in [5.74, 6) is -2.52. The lowest BCUT2D eigenvalue weighted by atomic mass is 10.1. The molecule has 0 aromatic heterocycles. The number of nitrogens with zero attached hydrogens (tertiary/aromatic N) is 1. The highest BCUT2D eigenvalue weighted by Gasteiger charge is 2.41. The Labute approximate surface area is 144 Å². The quantitative estimate of drug-likeness (QED) is 0.474. The van der Waals surface area contributed by atoms with Gasteiger partial charge in [-0.05, 0) is 19.1 Å². The molecule has 6 heteroatoms. The number of fused-ring (bicyclic) bond motifs is 1. The molecule has 1 amide bonds. The van der Waals surface area contributed by atoms with Crippen molar-refractivity contribution in [3.05, 3.63) is 65.7 Å². The topological polar surface area (TPSA) is 80.8 Å². The lowest BCUT2D eigenvalue weighted by Gasteiger charge is -2.22. The zero-order valence-corrected chi connectivity index (χ0v) is 13.5. The molecule has 0 aliphatic carbocycles. The van der Waals surface area contributed by atoms with Crippen molar-refractivity contribution in [1.29, 1.82) is 0 Å². The third-order valence-electron chi connectivity index (χ3n) is 3.99. The molecule has 1 unspecified atom stereocenters. The molecule has 0 saturated heterocycles. The van der Waals surface area contributed by atoms with Gasteiger partial charge in [0.25, 0.3) is 11.7 Å². The standard InChI is InChI=1S/C19H15NO5/c1-12(19(24)25-11-16(21)13-7-3-2-4-8-13)20-15-10-6-5-9-14(15)17(22)18(20)23/h2-10,12H,11H2,1H3. The minimum atomic E-state index is -1.01. The maximum absolute atomic E-state index is 12.2. The maximum atomic E-state index is 12.2. The highest BCUT2D eigenvalue weighted by atomic mass is 16.5. The first-order chi connectivity index (χ1) is 12.0. The van der Waals surface area contributed by atoms with Crippen LogP contribution in [0.4, 0.5) is 5.69 Å². The Hall–Kier alpha value is -3.28. The Morgan fingerprint density at radius 3 is 2.36 bits per heavy atom. The highest BCUT2D eigenvalue weighted by Crippen LogP contribution is 2.30. The summed E-state index contributed by atoms with van der Waals surface area (Å²) in [6.07, 6.45) is 0. The largest absolute Gasteiger partial charge is 0.456 e. The molecule has 0 saturated carbocycles. The average Bonchev–Trinajstić information content (AvgIpc) is 2.90. The number of carbonyl (C=O) groups is 4. The maximum Gasteiger partial charge on any atom is 0.329 e. The third-order valence-corrected chi connectivity index (χ3v) is 3.99. The van der Waals surface area contributed by atoms with Gasteiger partial charge >= 0.3 is 5.97 Å². The van der Waals surface area contributed by atoms with Crippen molar-refractivity contribution >= 4 is 29.1 Å². The van der Waals surface area contributed by atoms with Gasteiger partial charge in [0.1, 0.15) is 6.04 Å². The van der Waals surface area contributed by atoms with E-state index in [-0.39, 0.29) is 11.3 Å². The Morgan fingerprint density at radius 1 is 1.00 bits per heavy atom. The number of esters is 1. The molecular weight excluding hydrogens is 322 g/mol. The monoisotopic (exact) mass is 337 g/mol. The van der Waals surface area contributed by atoms with E-state index in [2.05, 4.69) is 0 Å². The van der Waals surface area contributed by atoms with Crippen LogP contribution in [0.1, 0.15) is 27.6 Å². The molecule has 0 radical (unpaired) electrons. The smallest absolute Gasteiger partial charge is 0.329 e. The Kier molecular flexibility index (Phi) is 4.43. The lowest BCUT2D eigenvalue weighted by molar-refractivity contribution is -0.144. The molecule has 1 atom stereocenters. The van der Waals surface area contributed by atoms with Gasteiger partial charge in [0.2, 0.25) is 0 Å². The predicted octanol–water partition coefficient (Wildman–Crippen LogP) is 2.03. The van der Waals surface area contributed by atoms with Crippen LogP contribution in [-0.4, -0.2) is 36.1 Å². The number of anilines is 1. The average molecular weight is 337 g/mol. The fraction of sp³-hybridized carbons (Fsp3) is 0.158. The lowest BCUT2D eigenvalue weighted by Crippen LogP contribution is -2.43. The fourth-order valence-electron chi connectivity index (χ4n) is 2.66. The minimum Gasteiger partial charge on any atom is -0.456 e. The SMILES string of the molecule is CC(C(=O)OCC(=O)c1ccccc1)N1C(=O)C(=O)c2ccccc21. The number of para-hydroxylation sites is 1. The molecule has 6 nitrogen and oxygen atoms in total. The van der Waals surface area contributed by atoms with E-state index < -0.39 is 30.3 Å². The van der Waals surface area contributed by atoms with Crippen molar-refractivity contribution in [1.82, 2.24) is 0 Å². The van der Waals surface area contributed by atoms with Crippen LogP contribution in [0.3, 0.4) is 0 Å². The second kappa shape index (κ2) is 6.68. The first-order valence-electron chi connectivity index (χ1n) is 7.72. The molecule has 1 aliphatic heterocycles. The molecule has 0 spiro atoms. The number of carbonyl (C=O) groups excluding carboxylic acids is 4. The van der Waals surface area contributed by atoms with E-state index in [1.54, 1.807) is 48.5 Å². The van der Waals surface area contributed by atoms with Crippen LogP contribution >= 0.6 is 0 Å². The van der Waals surface area contributed by atoms with E-state index in [9.17, 15) is 19.2 Å². The van der Waals surface area contributed by atoms with Crippen LogP contribution < -0.4 is 4.90 Å². The Morgan fingerprint density at radius 2 is 1.64 bits per heavy atom. The number of hydrogen-bond acceptors (Lipinski definition) is 5. The summed E-state index contributed by atoms with van der Waals surface area (Å²) in [6, 6.07) is 13.9. The van der Waals surface area contributed by atoms with Gasteiger partial charge in [-0.3, -0.25) is 19.3 Å². The number of ketones is 2. The normalized spacial score (nSPS) is 14.2. The van der Waals surface area contributed by atoms with Gasteiger partial charge in [-0.15, -0.1) is 0 Å². The molecular formula is C19H15NO5. The summed E-state index contributed by atoms with van der Waals surface area (Å²) in [5, 5.41) is 0. The van der Waals surface area contributed by atoms with Gasteiger partial charge in [0.15, 0.2) is 12.4 Å². The molecule has 2 aromatic rings. The second-order valence-corrected chi connectivity index (χ2v) is 5.59. The van der Waals surface area contributed by atoms with E-state index in [4.69, 9.17) is 4.74 Å². The molecule has 0 fully saturated rings. The Bertz CT molecular complexity index is 859. The second-order valence-electron chi connectivity index (χ2n) is 5.59. The summed E-state index contributed by atoms with van der Waals surface area (Å²) in [5.41, 5.74) is 1.06. The summed E-state index contributed by atoms with van der Waals surface area (Å²) in [7, 11) is 0. The fourth-order valence-corrected chi connectivity index (χ4v) is 2.66. The number of Topliss-reactive ketones (excluding diaryl/α,β-unsaturated/α-hetero) is 2. The van der Waals surface area contributed by atoms with Crippen LogP contribution in [-0.2, 0) is 14.3 Å². The van der Waals surface area contributed by atoms with E-state index >= 15 is 0 Å². The van der Waals surface area contributed by atoms with E-state index in [1.807, 2.05) is 0 Å². The van der Waals surface area contributed by atoms with Crippen molar-refractivity contribution < 1.29 is 23.9 Å². The third kappa shape index (κ3) is 3.06. The van der Waals surface area contributed by atoms with Gasteiger partial charge in [-0.2, -0.15) is 0 Å². The zero-order chi connectivity index (χ0) is 18.0. The molecule has 25 heavy (non-hydrogen) atoms. The van der Waals surface area contributed by atoms with Gasteiger partial charge in [-0.25, -0.2) is 4.79 Å². The van der Waals surface area contributed by atoms with Crippen LogP contribution in [0.2, 0.25) is 0 Å². The van der Waals surface area contributed by atoms with Crippen molar-refractivity contribution in [3.8, 4) is 0 Å². The number of rotatable bonds is 5. The number of ether oxygens (including phenoxy) is 1. The first-order valence-corrected chi connectivity index (χ1v) is 7.72. The van der Waals surface area contributed by atoms with Gasteiger partial charge in [0, 0.05) is 5.56 Å². The summed E-state index contributed by atoms with van der Waals surface area (Å²) < 4.78 is 5.04. The van der Waals surface area contributed by atoms with Gasteiger partial charge in [-0.1, -0.05) is 42.5 Å². The molecule has 0 N–H and O–H groups in total. The van der Waals surface area contributed by atoms with Crippen LogP contribution in [0, 0.1) is 0 Å². The first kappa shape index (κ1) is 16.6. The van der Waals surface area contributed by atoms with E-state index in [0.717, 1.165) is 4.90 Å². The van der Waals surface area contributed by atoms with Crippen LogP contribution in [0.5, 0.6) is 0 Å². The minimum absolute atomic E-state index is 0.257. The molecule has 126 valence electrons. The predicted molar refractivity (Wildman–Crippen MR) is 89.5 cm³/mol. The van der Waals surface area contributed by atoms with Crippen molar-refractivity contribution in [2.45, 2.75) is 13.0 Å². The molecule has 2 aromatic carbocycles. The van der Waals surface area contributed by atoms with Crippen molar-refractivity contribution in [3.63, 3.8) is 0 Å². The summed E-state index contributed by atoms with van der Waals surface area (Å²) in [6.45, 7) is 1.04. The molecule has 0 bridgehead atoms.